The number of likely N-dealkylation sites (N-methyl/N-ethyl adjacent to an activating group) is 1. The summed E-state index contributed by atoms with van der Waals surface area (Å²) in [6.07, 6.45) is 0.0349. The van der Waals surface area contributed by atoms with Gasteiger partial charge < -0.3 is 20.3 Å². The van der Waals surface area contributed by atoms with Crippen molar-refractivity contribution in [2.75, 3.05) is 46.6 Å². The lowest BCUT2D eigenvalue weighted by molar-refractivity contribution is -0.127. The van der Waals surface area contributed by atoms with Crippen LogP contribution in [0.15, 0.2) is 40.2 Å². The minimum atomic E-state index is -0.0335. The highest BCUT2D eigenvalue weighted by molar-refractivity contribution is 14.0. The molecule has 2 N–H and O–H groups in total. The molecule has 28 heavy (non-hydrogen) atoms. The van der Waals surface area contributed by atoms with Gasteiger partial charge in [0.05, 0.1) is 6.10 Å². The zero-order valence-electron chi connectivity index (χ0n) is 17.8. The number of ether oxygens (including phenoxy) is 1. The largest absolute Gasteiger partial charge is 0.379 e. The molecule has 0 aliphatic heterocycles. The SMILES string of the molecule is COC(CNC(=NCC(=O)N(C)C)NCCSc1ccccc1)C(C)(C)C.I. The van der Waals surface area contributed by atoms with Crippen LogP contribution >= 0.6 is 35.7 Å². The Morgan fingerprint density at radius 2 is 1.86 bits per heavy atom. The molecule has 160 valence electrons. The van der Waals surface area contributed by atoms with E-state index in [0.717, 1.165) is 12.3 Å². The fourth-order valence-corrected chi connectivity index (χ4v) is 3.04. The summed E-state index contributed by atoms with van der Waals surface area (Å²) in [5, 5.41) is 6.61. The number of aliphatic imine (C=N–C) groups is 1. The van der Waals surface area contributed by atoms with Crippen LogP contribution in [0.4, 0.5) is 0 Å². The second-order valence-electron chi connectivity index (χ2n) is 7.51. The number of nitrogens with zero attached hydrogens (tertiary/aromatic N) is 2. The molecule has 0 heterocycles. The Bertz CT molecular complexity index is 592. The highest BCUT2D eigenvalue weighted by Crippen LogP contribution is 2.21. The molecular formula is C20H35IN4O2S. The van der Waals surface area contributed by atoms with Crippen LogP contribution in [0.25, 0.3) is 0 Å². The Kier molecular flexibility index (Phi) is 13.6. The van der Waals surface area contributed by atoms with E-state index in [0.29, 0.717) is 12.5 Å². The van der Waals surface area contributed by atoms with Gasteiger partial charge in [-0.2, -0.15) is 0 Å². The van der Waals surface area contributed by atoms with E-state index in [-0.39, 0.29) is 47.9 Å². The predicted molar refractivity (Wildman–Crippen MR) is 130 cm³/mol. The van der Waals surface area contributed by atoms with Crippen molar-refractivity contribution in [2.24, 2.45) is 10.4 Å². The number of methoxy groups -OCH3 is 1. The maximum atomic E-state index is 11.9. The summed E-state index contributed by atoms with van der Waals surface area (Å²) in [6, 6.07) is 10.3. The highest BCUT2D eigenvalue weighted by atomic mass is 127. The minimum Gasteiger partial charge on any atom is -0.379 e. The Balaban J connectivity index is 0.00000729. The molecule has 8 heteroatoms. The molecule has 6 nitrogen and oxygen atoms in total. The fourth-order valence-electron chi connectivity index (χ4n) is 2.25. The Hall–Kier alpha value is -1.000. The second-order valence-corrected chi connectivity index (χ2v) is 8.68. The molecule has 0 aliphatic rings. The first-order valence-electron chi connectivity index (χ1n) is 9.17. The average molecular weight is 522 g/mol. The topological polar surface area (TPSA) is 66.0 Å². The molecule has 0 fully saturated rings. The molecule has 1 unspecified atom stereocenters. The highest BCUT2D eigenvalue weighted by Gasteiger charge is 2.24. The number of hydrogen-bond donors (Lipinski definition) is 2. The Labute approximate surface area is 191 Å². The molecule has 1 atom stereocenters. The van der Waals surface area contributed by atoms with Gasteiger partial charge in [0.1, 0.15) is 6.54 Å². The lowest BCUT2D eigenvalue weighted by Gasteiger charge is -2.30. The minimum absolute atomic E-state index is 0. The van der Waals surface area contributed by atoms with Gasteiger partial charge in [-0.25, -0.2) is 4.99 Å². The van der Waals surface area contributed by atoms with Crippen LogP contribution in [-0.4, -0.2) is 69.5 Å². The van der Waals surface area contributed by atoms with Crippen molar-refractivity contribution in [3.63, 3.8) is 0 Å². The summed E-state index contributed by atoms with van der Waals surface area (Å²) in [6.45, 7) is 7.89. The van der Waals surface area contributed by atoms with E-state index in [2.05, 4.69) is 48.5 Å². The Morgan fingerprint density at radius 3 is 2.39 bits per heavy atom. The van der Waals surface area contributed by atoms with Gasteiger partial charge in [-0.1, -0.05) is 39.0 Å². The van der Waals surface area contributed by atoms with Crippen molar-refractivity contribution < 1.29 is 9.53 Å². The van der Waals surface area contributed by atoms with E-state index >= 15 is 0 Å². The summed E-state index contributed by atoms with van der Waals surface area (Å²) in [4.78, 5) is 19.0. The molecule has 0 radical (unpaired) electrons. The molecule has 1 amide bonds. The molecule has 0 bridgehead atoms. The van der Waals surface area contributed by atoms with Crippen LogP contribution in [0.1, 0.15) is 20.8 Å². The van der Waals surface area contributed by atoms with Crippen LogP contribution in [0, 0.1) is 5.41 Å². The first kappa shape index (κ1) is 27.0. The van der Waals surface area contributed by atoms with Gasteiger partial charge in [0.15, 0.2) is 5.96 Å². The van der Waals surface area contributed by atoms with E-state index in [1.54, 1.807) is 37.9 Å². The maximum Gasteiger partial charge on any atom is 0.243 e. The van der Waals surface area contributed by atoms with Crippen molar-refractivity contribution in [1.29, 1.82) is 0 Å². The lowest BCUT2D eigenvalue weighted by atomic mass is 9.89. The van der Waals surface area contributed by atoms with Crippen molar-refractivity contribution in [3.05, 3.63) is 30.3 Å². The van der Waals surface area contributed by atoms with E-state index in [1.807, 2.05) is 18.2 Å². The molecule has 0 aromatic heterocycles. The van der Waals surface area contributed by atoms with Crippen LogP contribution < -0.4 is 10.6 Å². The third-order valence-corrected chi connectivity index (χ3v) is 5.00. The third kappa shape index (κ3) is 11.1. The van der Waals surface area contributed by atoms with Crippen molar-refractivity contribution in [3.8, 4) is 0 Å². The summed E-state index contributed by atoms with van der Waals surface area (Å²) in [5.41, 5.74) is 0.00940. The van der Waals surface area contributed by atoms with Gasteiger partial charge >= 0.3 is 0 Å². The first-order valence-corrected chi connectivity index (χ1v) is 10.2. The number of benzene rings is 1. The lowest BCUT2D eigenvalue weighted by Crippen LogP contribution is -2.46. The van der Waals surface area contributed by atoms with Crippen LogP contribution in [0.3, 0.4) is 0 Å². The number of hydrogen-bond acceptors (Lipinski definition) is 4. The first-order chi connectivity index (χ1) is 12.7. The number of halogens is 1. The number of guanidine groups is 1. The molecule has 0 saturated carbocycles. The maximum absolute atomic E-state index is 11.9. The number of rotatable bonds is 9. The van der Waals surface area contributed by atoms with E-state index < -0.39 is 0 Å². The fraction of sp³-hybridized carbons (Fsp3) is 0.600. The zero-order chi connectivity index (χ0) is 20.3. The number of amides is 1. The number of carbonyl (C=O) groups is 1. The Morgan fingerprint density at radius 1 is 1.21 bits per heavy atom. The quantitative estimate of drug-likeness (QED) is 0.172. The van der Waals surface area contributed by atoms with E-state index in [9.17, 15) is 4.79 Å². The number of nitrogens with one attached hydrogen (secondary N) is 2. The molecule has 1 rings (SSSR count). The third-order valence-electron chi connectivity index (χ3n) is 3.98. The average Bonchev–Trinajstić information content (AvgIpc) is 2.62. The van der Waals surface area contributed by atoms with E-state index in [1.165, 1.54) is 4.90 Å². The standard InChI is InChI=1S/C20H34N4O2S.HI/c1-20(2,3)17(26-6)14-22-19(23-15-18(25)24(4)5)21-12-13-27-16-10-8-7-9-11-16;/h7-11,17H,12-15H2,1-6H3,(H2,21,22,23);1H. The van der Waals surface area contributed by atoms with Gasteiger partial charge in [0.2, 0.25) is 5.91 Å². The van der Waals surface area contributed by atoms with Gasteiger partial charge in [-0.15, -0.1) is 35.7 Å². The molecule has 0 spiro atoms. The van der Waals surface area contributed by atoms with Gasteiger partial charge in [-0.05, 0) is 17.5 Å². The van der Waals surface area contributed by atoms with Crippen molar-refractivity contribution in [1.82, 2.24) is 15.5 Å². The van der Waals surface area contributed by atoms with E-state index in [4.69, 9.17) is 4.74 Å². The van der Waals surface area contributed by atoms with Crippen LogP contribution in [0.5, 0.6) is 0 Å². The van der Waals surface area contributed by atoms with Gasteiger partial charge in [0, 0.05) is 44.9 Å². The normalized spacial score (nSPS) is 12.7. The summed E-state index contributed by atoms with van der Waals surface area (Å²) in [5.74, 6) is 1.50. The number of carbonyl (C=O) groups excluding carboxylic acids is 1. The second kappa shape index (κ2) is 14.1. The summed E-state index contributed by atoms with van der Waals surface area (Å²) in [7, 11) is 5.18. The van der Waals surface area contributed by atoms with Crippen molar-refractivity contribution in [2.45, 2.75) is 31.8 Å². The van der Waals surface area contributed by atoms with Gasteiger partial charge in [0.25, 0.3) is 0 Å². The summed E-state index contributed by atoms with van der Waals surface area (Å²) >= 11 is 1.78. The molecule has 1 aromatic carbocycles. The number of thioether (sulfide) groups is 1. The molecule has 1 aromatic rings. The van der Waals surface area contributed by atoms with Gasteiger partial charge in [-0.3, -0.25) is 4.79 Å². The van der Waals surface area contributed by atoms with Crippen LogP contribution in [-0.2, 0) is 9.53 Å². The monoisotopic (exact) mass is 522 g/mol. The van der Waals surface area contributed by atoms with Crippen molar-refractivity contribution >= 4 is 47.6 Å². The molecular weight excluding hydrogens is 487 g/mol. The summed E-state index contributed by atoms with van der Waals surface area (Å²) < 4.78 is 5.59. The molecule has 0 saturated heterocycles. The smallest absolute Gasteiger partial charge is 0.243 e. The zero-order valence-corrected chi connectivity index (χ0v) is 21.0. The predicted octanol–water partition coefficient (Wildman–Crippen LogP) is 3.08. The molecule has 0 aliphatic carbocycles. The van der Waals surface area contributed by atoms with Crippen LogP contribution in [0.2, 0.25) is 0 Å².